The third-order valence-corrected chi connectivity index (χ3v) is 3.78. The van der Waals surface area contributed by atoms with Crippen LogP contribution in [0.3, 0.4) is 0 Å². The predicted molar refractivity (Wildman–Crippen MR) is 41.7 cm³/mol. The molecule has 0 saturated heterocycles. The van der Waals surface area contributed by atoms with Crippen LogP contribution in [0, 0.1) is 0 Å². The lowest BCUT2D eigenvalue weighted by Crippen LogP contribution is -1.90. The highest BCUT2D eigenvalue weighted by atomic mass is 32.2. The summed E-state index contributed by atoms with van der Waals surface area (Å²) in [4.78, 5) is 0. The van der Waals surface area contributed by atoms with Gasteiger partial charge in [-0.2, -0.15) is 0 Å². The highest BCUT2D eigenvalue weighted by Crippen LogP contribution is 2.17. The first kappa shape index (κ1) is 7.50. The Morgan fingerprint density at radius 2 is 2.30 bits per heavy atom. The van der Waals surface area contributed by atoms with Crippen molar-refractivity contribution in [3.05, 3.63) is 29.5 Å². The van der Waals surface area contributed by atoms with E-state index in [-0.39, 0.29) is 0 Å². The highest BCUT2D eigenvalue weighted by molar-refractivity contribution is 7.96. The van der Waals surface area contributed by atoms with E-state index in [0.29, 0.717) is 4.21 Å². The van der Waals surface area contributed by atoms with Gasteiger partial charge in [-0.25, -0.2) is 8.42 Å². The van der Waals surface area contributed by atoms with Crippen LogP contribution in [-0.4, -0.2) is 8.42 Å². The van der Waals surface area contributed by atoms with Crippen molar-refractivity contribution in [1.29, 1.82) is 0 Å². The van der Waals surface area contributed by atoms with Gasteiger partial charge in [-0.15, -0.1) is 11.3 Å². The summed E-state index contributed by atoms with van der Waals surface area (Å²) in [6.07, 6.45) is 0. The topological polar surface area (TPSA) is 34.1 Å². The third kappa shape index (κ3) is 1.27. The molecule has 0 aliphatic heterocycles. The molecular weight excluding hydrogens is 168 g/mol. The summed E-state index contributed by atoms with van der Waals surface area (Å²) < 4.78 is 22.3. The van der Waals surface area contributed by atoms with E-state index in [2.05, 4.69) is 6.58 Å². The van der Waals surface area contributed by atoms with Gasteiger partial charge in [-0.1, -0.05) is 12.6 Å². The van der Waals surface area contributed by atoms with Gasteiger partial charge in [0.05, 0.1) is 0 Å². The number of rotatable bonds is 2. The average Bonchev–Trinajstić information content (AvgIpc) is 2.38. The maximum Gasteiger partial charge on any atom is 0.208 e. The number of hydrogen-bond acceptors (Lipinski definition) is 3. The smallest absolute Gasteiger partial charge is 0.208 e. The summed E-state index contributed by atoms with van der Waals surface area (Å²) in [7, 11) is -3.17. The molecule has 0 N–H and O–H groups in total. The molecule has 0 aliphatic carbocycles. The Kier molecular flexibility index (Phi) is 1.92. The first-order valence-corrected chi connectivity index (χ1v) is 5.00. The van der Waals surface area contributed by atoms with Gasteiger partial charge in [0.1, 0.15) is 4.21 Å². The summed E-state index contributed by atoms with van der Waals surface area (Å²) in [6.45, 7) is 3.21. The fraction of sp³-hybridized carbons (Fsp3) is 0. The predicted octanol–water partition coefficient (Wildman–Crippen LogP) is 1.67. The van der Waals surface area contributed by atoms with Crippen LogP contribution in [0.5, 0.6) is 0 Å². The summed E-state index contributed by atoms with van der Waals surface area (Å²) in [5.74, 6) is 0. The van der Waals surface area contributed by atoms with E-state index < -0.39 is 9.84 Å². The molecule has 1 aromatic heterocycles. The van der Waals surface area contributed by atoms with Gasteiger partial charge in [0.15, 0.2) is 0 Å². The van der Waals surface area contributed by atoms with Gasteiger partial charge in [0.2, 0.25) is 9.84 Å². The van der Waals surface area contributed by atoms with Crippen LogP contribution in [-0.2, 0) is 9.84 Å². The number of hydrogen-bond donors (Lipinski definition) is 0. The molecule has 0 spiro atoms. The van der Waals surface area contributed by atoms with Gasteiger partial charge in [-0.05, 0) is 11.4 Å². The molecule has 1 heterocycles. The Morgan fingerprint density at radius 3 is 2.70 bits per heavy atom. The second-order valence-electron chi connectivity index (χ2n) is 1.64. The molecule has 0 radical (unpaired) electrons. The van der Waals surface area contributed by atoms with Crippen LogP contribution in [0.15, 0.2) is 33.7 Å². The minimum absolute atomic E-state index is 0.350. The minimum atomic E-state index is -3.17. The minimum Gasteiger partial charge on any atom is -0.218 e. The largest absolute Gasteiger partial charge is 0.218 e. The van der Waals surface area contributed by atoms with Crippen LogP contribution >= 0.6 is 11.3 Å². The average molecular weight is 174 g/mol. The molecule has 0 bridgehead atoms. The molecule has 2 nitrogen and oxygen atoms in total. The van der Waals surface area contributed by atoms with Crippen LogP contribution in [0.4, 0.5) is 0 Å². The molecule has 10 heavy (non-hydrogen) atoms. The van der Waals surface area contributed by atoms with Gasteiger partial charge in [0, 0.05) is 5.41 Å². The van der Waals surface area contributed by atoms with Gasteiger partial charge in [-0.3, -0.25) is 0 Å². The first-order chi connectivity index (χ1) is 4.67. The van der Waals surface area contributed by atoms with Crippen LogP contribution in [0.2, 0.25) is 0 Å². The monoisotopic (exact) mass is 174 g/mol. The van der Waals surface area contributed by atoms with Crippen LogP contribution in [0.25, 0.3) is 0 Å². The molecule has 0 atom stereocenters. The Balaban J connectivity index is 3.22. The van der Waals surface area contributed by atoms with E-state index >= 15 is 0 Å². The van der Waals surface area contributed by atoms with Crippen molar-refractivity contribution in [2.24, 2.45) is 0 Å². The van der Waals surface area contributed by atoms with Crippen molar-refractivity contribution in [2.45, 2.75) is 4.21 Å². The SMILES string of the molecule is C=CS(=O)(=O)c1cccs1. The lowest BCUT2D eigenvalue weighted by atomic mass is 10.7. The van der Waals surface area contributed by atoms with Crippen LogP contribution < -0.4 is 0 Å². The summed E-state index contributed by atoms with van der Waals surface area (Å²) in [5.41, 5.74) is 0. The zero-order valence-electron chi connectivity index (χ0n) is 5.15. The van der Waals surface area contributed by atoms with E-state index in [9.17, 15) is 8.42 Å². The van der Waals surface area contributed by atoms with Crippen molar-refractivity contribution in [3.8, 4) is 0 Å². The van der Waals surface area contributed by atoms with Crippen LogP contribution in [0.1, 0.15) is 0 Å². The Hall–Kier alpha value is -0.610. The lowest BCUT2D eigenvalue weighted by molar-refractivity contribution is 0.606. The van der Waals surface area contributed by atoms with Gasteiger partial charge >= 0.3 is 0 Å². The molecular formula is C6H6O2S2. The molecule has 0 unspecified atom stereocenters. The van der Waals surface area contributed by atoms with Crippen molar-refractivity contribution in [1.82, 2.24) is 0 Å². The molecule has 1 rings (SSSR count). The van der Waals surface area contributed by atoms with Crippen molar-refractivity contribution >= 4 is 21.2 Å². The highest BCUT2D eigenvalue weighted by Gasteiger charge is 2.08. The second-order valence-corrected chi connectivity index (χ2v) is 4.71. The number of thiophene rings is 1. The van der Waals surface area contributed by atoms with Crippen molar-refractivity contribution in [2.75, 3.05) is 0 Å². The Labute approximate surface area is 63.7 Å². The van der Waals surface area contributed by atoms with Crippen molar-refractivity contribution < 1.29 is 8.42 Å². The standard InChI is InChI=1S/C6H6O2S2/c1-2-10(7,8)6-4-3-5-9-6/h2-5H,1H2. The zero-order chi connectivity index (χ0) is 7.61. The maximum atomic E-state index is 11.0. The first-order valence-electron chi connectivity index (χ1n) is 2.58. The molecule has 54 valence electrons. The normalized spacial score (nSPS) is 11.2. The summed E-state index contributed by atoms with van der Waals surface area (Å²) in [6, 6.07) is 3.25. The molecule has 0 fully saturated rings. The van der Waals surface area contributed by atoms with E-state index in [0.717, 1.165) is 5.41 Å². The van der Waals surface area contributed by atoms with Crippen molar-refractivity contribution in [3.63, 3.8) is 0 Å². The van der Waals surface area contributed by atoms with E-state index in [4.69, 9.17) is 0 Å². The molecule has 0 aliphatic rings. The molecule has 0 saturated carbocycles. The maximum absolute atomic E-state index is 11.0. The molecule has 1 aromatic rings. The Morgan fingerprint density at radius 1 is 1.60 bits per heavy atom. The molecule has 0 aromatic carbocycles. The quantitative estimate of drug-likeness (QED) is 0.683. The fourth-order valence-electron chi connectivity index (χ4n) is 0.508. The summed E-state index contributed by atoms with van der Waals surface area (Å²) in [5, 5.41) is 2.68. The molecule has 0 amide bonds. The van der Waals surface area contributed by atoms with E-state index in [1.54, 1.807) is 17.5 Å². The van der Waals surface area contributed by atoms with E-state index in [1.807, 2.05) is 0 Å². The zero-order valence-corrected chi connectivity index (χ0v) is 6.78. The van der Waals surface area contributed by atoms with Gasteiger partial charge in [0.25, 0.3) is 0 Å². The summed E-state index contributed by atoms with van der Waals surface area (Å²) >= 11 is 1.20. The van der Waals surface area contributed by atoms with E-state index in [1.165, 1.54) is 11.3 Å². The molecule has 4 heteroatoms. The number of sulfone groups is 1. The third-order valence-electron chi connectivity index (χ3n) is 0.995. The van der Waals surface area contributed by atoms with Gasteiger partial charge < -0.3 is 0 Å². The second kappa shape index (κ2) is 2.56. The fourth-order valence-corrected chi connectivity index (χ4v) is 2.30. The Bertz CT molecular complexity index is 308. The lowest BCUT2D eigenvalue weighted by Gasteiger charge is -1.88.